The monoisotopic (exact) mass is 378 g/mol. The van der Waals surface area contributed by atoms with Gasteiger partial charge in [0.25, 0.3) is 0 Å². The van der Waals surface area contributed by atoms with E-state index in [2.05, 4.69) is 58.3 Å². The third-order valence-electron chi connectivity index (χ3n) is 5.10. The van der Waals surface area contributed by atoms with Crippen LogP contribution in [0.1, 0.15) is 62.9 Å². The standard InChI is InChI=1S/C22H26N4S/c1-2-3-4-5-6-7-15-20(22-23-18-13-9-11-16-21(18)27-22)26-19-14-10-8-12-17(19)24-25-26/h8-14,16,20H,2-7,15H2,1H3. The zero-order valence-corrected chi connectivity index (χ0v) is 16.7. The topological polar surface area (TPSA) is 43.6 Å². The second-order valence-electron chi connectivity index (χ2n) is 7.11. The van der Waals surface area contributed by atoms with Gasteiger partial charge in [-0.1, -0.05) is 74.9 Å². The molecule has 0 N–H and O–H groups in total. The van der Waals surface area contributed by atoms with Crippen molar-refractivity contribution < 1.29 is 0 Å². The van der Waals surface area contributed by atoms with Crippen LogP contribution in [0, 0.1) is 0 Å². The lowest BCUT2D eigenvalue weighted by molar-refractivity contribution is 0.457. The molecule has 4 rings (SSSR count). The van der Waals surface area contributed by atoms with E-state index in [9.17, 15) is 0 Å². The van der Waals surface area contributed by atoms with Crippen LogP contribution in [0.5, 0.6) is 0 Å². The molecule has 140 valence electrons. The molecule has 0 amide bonds. The number of benzene rings is 2. The van der Waals surface area contributed by atoms with E-state index in [0.29, 0.717) is 0 Å². The molecule has 0 spiro atoms. The molecule has 2 heterocycles. The van der Waals surface area contributed by atoms with E-state index >= 15 is 0 Å². The molecule has 0 aliphatic rings. The van der Waals surface area contributed by atoms with Gasteiger partial charge in [0.15, 0.2) is 0 Å². The van der Waals surface area contributed by atoms with Gasteiger partial charge in [0.2, 0.25) is 0 Å². The Kier molecular flexibility index (Phi) is 5.78. The van der Waals surface area contributed by atoms with Gasteiger partial charge in [-0.15, -0.1) is 16.4 Å². The van der Waals surface area contributed by atoms with Crippen molar-refractivity contribution in [1.29, 1.82) is 0 Å². The zero-order valence-electron chi connectivity index (χ0n) is 15.8. The van der Waals surface area contributed by atoms with Gasteiger partial charge in [0.1, 0.15) is 16.6 Å². The van der Waals surface area contributed by atoms with Gasteiger partial charge in [-0.25, -0.2) is 9.67 Å². The second kappa shape index (κ2) is 8.61. The van der Waals surface area contributed by atoms with E-state index in [0.717, 1.165) is 28.0 Å². The first-order valence-corrected chi connectivity index (χ1v) is 10.8. The number of thiazole rings is 1. The van der Waals surface area contributed by atoms with E-state index in [1.807, 2.05) is 12.1 Å². The third-order valence-corrected chi connectivity index (χ3v) is 6.24. The first-order chi connectivity index (χ1) is 13.4. The maximum atomic E-state index is 4.93. The minimum absolute atomic E-state index is 0.154. The number of aromatic nitrogens is 4. The predicted octanol–water partition coefficient (Wildman–Crippen LogP) is 6.38. The summed E-state index contributed by atoms with van der Waals surface area (Å²) in [6.07, 6.45) is 8.81. The fraction of sp³-hybridized carbons (Fsp3) is 0.409. The number of fused-ring (bicyclic) bond motifs is 2. The molecule has 1 atom stereocenters. The lowest BCUT2D eigenvalue weighted by Crippen LogP contribution is -2.12. The summed E-state index contributed by atoms with van der Waals surface area (Å²) in [6.45, 7) is 2.26. The van der Waals surface area contributed by atoms with Gasteiger partial charge in [-0.3, -0.25) is 0 Å². The normalized spacial score (nSPS) is 12.8. The highest BCUT2D eigenvalue weighted by atomic mass is 32.1. The molecule has 2 aromatic heterocycles. The zero-order chi connectivity index (χ0) is 18.5. The fourth-order valence-corrected chi connectivity index (χ4v) is 4.71. The summed E-state index contributed by atoms with van der Waals surface area (Å²) in [5.74, 6) is 0. The van der Waals surface area contributed by atoms with Gasteiger partial charge in [-0.05, 0) is 30.7 Å². The van der Waals surface area contributed by atoms with Gasteiger partial charge in [-0.2, -0.15) is 0 Å². The van der Waals surface area contributed by atoms with E-state index in [1.165, 1.54) is 43.2 Å². The largest absolute Gasteiger partial charge is 0.239 e. The molecule has 0 bridgehead atoms. The summed E-state index contributed by atoms with van der Waals surface area (Å²) < 4.78 is 3.32. The van der Waals surface area contributed by atoms with Gasteiger partial charge < -0.3 is 0 Å². The highest BCUT2D eigenvalue weighted by Gasteiger charge is 2.21. The molecule has 1 unspecified atom stereocenters. The summed E-state index contributed by atoms with van der Waals surface area (Å²) in [4.78, 5) is 4.93. The number of rotatable bonds is 9. The highest BCUT2D eigenvalue weighted by molar-refractivity contribution is 7.18. The van der Waals surface area contributed by atoms with Crippen LogP contribution in [0.25, 0.3) is 21.3 Å². The quantitative estimate of drug-likeness (QED) is 0.317. The first kappa shape index (κ1) is 18.1. The molecule has 4 nitrogen and oxygen atoms in total. The second-order valence-corrected chi connectivity index (χ2v) is 8.18. The van der Waals surface area contributed by atoms with E-state index < -0.39 is 0 Å². The van der Waals surface area contributed by atoms with Crippen LogP contribution in [0.2, 0.25) is 0 Å². The van der Waals surface area contributed by atoms with E-state index in [4.69, 9.17) is 4.98 Å². The van der Waals surface area contributed by atoms with Crippen LogP contribution in [0.3, 0.4) is 0 Å². The van der Waals surface area contributed by atoms with Crippen LogP contribution in [0.4, 0.5) is 0 Å². The number of nitrogens with zero attached hydrogens (tertiary/aromatic N) is 4. The van der Waals surface area contributed by atoms with E-state index in [-0.39, 0.29) is 6.04 Å². The summed E-state index contributed by atoms with van der Waals surface area (Å²) in [7, 11) is 0. The van der Waals surface area contributed by atoms with Crippen molar-refractivity contribution in [1.82, 2.24) is 20.0 Å². The average Bonchev–Trinajstić information content (AvgIpc) is 3.32. The van der Waals surface area contributed by atoms with Crippen LogP contribution < -0.4 is 0 Å². The van der Waals surface area contributed by atoms with Gasteiger partial charge >= 0.3 is 0 Å². The molecule has 4 aromatic rings. The SMILES string of the molecule is CCCCCCCCC(c1nc2ccccc2s1)n1nnc2ccccc21. The van der Waals surface area contributed by atoms with Crippen molar-refractivity contribution in [3.05, 3.63) is 53.5 Å². The van der Waals surface area contributed by atoms with Gasteiger partial charge in [0.05, 0.1) is 15.7 Å². The van der Waals surface area contributed by atoms with E-state index in [1.54, 1.807) is 11.3 Å². The molecule has 2 aromatic carbocycles. The van der Waals surface area contributed by atoms with Crippen LogP contribution in [-0.2, 0) is 0 Å². The molecular formula is C22H26N4S. The molecular weight excluding hydrogens is 352 g/mol. The van der Waals surface area contributed by atoms with Crippen molar-refractivity contribution in [2.24, 2.45) is 0 Å². The Labute approximate surface area is 164 Å². The summed E-state index contributed by atoms with van der Waals surface area (Å²) in [5, 5.41) is 10.0. The van der Waals surface area contributed by atoms with Crippen molar-refractivity contribution in [2.75, 3.05) is 0 Å². The molecule has 0 saturated heterocycles. The number of hydrogen-bond donors (Lipinski definition) is 0. The lowest BCUT2D eigenvalue weighted by atomic mass is 10.1. The third kappa shape index (κ3) is 4.03. The Morgan fingerprint density at radius 2 is 1.63 bits per heavy atom. The molecule has 0 saturated carbocycles. The average molecular weight is 379 g/mol. The van der Waals surface area contributed by atoms with Crippen molar-refractivity contribution in [3.63, 3.8) is 0 Å². The minimum atomic E-state index is 0.154. The number of hydrogen-bond acceptors (Lipinski definition) is 4. The number of unbranched alkanes of at least 4 members (excludes halogenated alkanes) is 5. The summed E-state index contributed by atoms with van der Waals surface area (Å²) >= 11 is 1.78. The Morgan fingerprint density at radius 3 is 2.48 bits per heavy atom. The summed E-state index contributed by atoms with van der Waals surface area (Å²) in [5.41, 5.74) is 3.12. The van der Waals surface area contributed by atoms with Gasteiger partial charge in [0, 0.05) is 0 Å². The Hall–Kier alpha value is -2.27. The van der Waals surface area contributed by atoms with Crippen LogP contribution in [-0.4, -0.2) is 20.0 Å². The molecule has 27 heavy (non-hydrogen) atoms. The Bertz CT molecular complexity index is 971. The molecule has 0 aliphatic carbocycles. The van der Waals surface area contributed by atoms with Crippen molar-refractivity contribution in [2.45, 2.75) is 57.9 Å². The summed E-state index contributed by atoms with van der Waals surface area (Å²) in [6, 6.07) is 16.7. The van der Waals surface area contributed by atoms with Crippen molar-refractivity contribution in [3.8, 4) is 0 Å². The first-order valence-electron chi connectivity index (χ1n) is 10.0. The number of para-hydroxylation sites is 2. The smallest absolute Gasteiger partial charge is 0.119 e. The maximum Gasteiger partial charge on any atom is 0.119 e. The van der Waals surface area contributed by atoms with Crippen molar-refractivity contribution >= 4 is 32.6 Å². The predicted molar refractivity (Wildman–Crippen MR) is 113 cm³/mol. The molecule has 5 heteroatoms. The molecule has 0 aliphatic heterocycles. The highest BCUT2D eigenvalue weighted by Crippen LogP contribution is 2.33. The fourth-order valence-electron chi connectivity index (χ4n) is 3.62. The minimum Gasteiger partial charge on any atom is -0.239 e. The molecule has 0 radical (unpaired) electrons. The Morgan fingerprint density at radius 1 is 0.889 bits per heavy atom. The Balaban J connectivity index is 1.60. The van der Waals surface area contributed by atoms with Crippen LogP contribution >= 0.6 is 11.3 Å². The maximum absolute atomic E-state index is 4.93. The molecule has 0 fully saturated rings. The lowest BCUT2D eigenvalue weighted by Gasteiger charge is -2.15. The van der Waals surface area contributed by atoms with Crippen LogP contribution in [0.15, 0.2) is 48.5 Å².